The third-order valence-electron chi connectivity index (χ3n) is 6.62. The Morgan fingerprint density at radius 3 is 2.46 bits per heavy atom. The standard InChI is InChI=1S/C23H27F2N3O5S.Na/c1-22(2)17(21(31)32)28-19(30)16(20(28)34-22)26-18(29)15(13-8-7-12(24)11-14(13)25)27-33-23(3)9-5-4-6-10-23;/h7-8,11,16-17,20H,4-6,9-10H2,1-3H3,(H,26,29)(H,31,32);/q;+1/p-1/b27-15-;/t16-,17-,20+;/m0./s1. The number of carbonyl (C=O) groups excluding carboxylic acids is 3. The van der Waals surface area contributed by atoms with Gasteiger partial charge >= 0.3 is 29.6 Å². The summed E-state index contributed by atoms with van der Waals surface area (Å²) in [6, 6.07) is 0.556. The number of nitrogens with zero attached hydrogens (tertiary/aromatic N) is 2. The molecule has 2 aliphatic heterocycles. The van der Waals surface area contributed by atoms with Crippen LogP contribution in [0.15, 0.2) is 23.4 Å². The zero-order valence-electron chi connectivity index (χ0n) is 20.1. The van der Waals surface area contributed by atoms with Gasteiger partial charge < -0.3 is 25.0 Å². The fourth-order valence-corrected chi connectivity index (χ4v) is 6.40. The molecule has 0 spiro atoms. The molecule has 0 aromatic heterocycles. The molecular formula is C23H26F2N3NaO5S. The second-order valence-corrected chi connectivity index (χ2v) is 11.5. The Morgan fingerprint density at radius 2 is 1.86 bits per heavy atom. The third kappa shape index (κ3) is 5.38. The summed E-state index contributed by atoms with van der Waals surface area (Å²) < 4.78 is 27.2. The number of nitrogens with one attached hydrogen (secondary N) is 1. The zero-order chi connectivity index (χ0) is 24.8. The van der Waals surface area contributed by atoms with Crippen molar-refractivity contribution in [3.63, 3.8) is 0 Å². The van der Waals surface area contributed by atoms with Gasteiger partial charge in [-0.15, -0.1) is 11.8 Å². The van der Waals surface area contributed by atoms with Crippen LogP contribution in [-0.4, -0.2) is 56.2 Å². The van der Waals surface area contributed by atoms with Gasteiger partial charge in [-0.2, -0.15) is 0 Å². The van der Waals surface area contributed by atoms with Crippen molar-refractivity contribution in [1.29, 1.82) is 0 Å². The molecule has 12 heteroatoms. The smallest absolute Gasteiger partial charge is 0.548 e. The van der Waals surface area contributed by atoms with Crippen molar-refractivity contribution in [3.05, 3.63) is 35.4 Å². The summed E-state index contributed by atoms with van der Waals surface area (Å²) in [5, 5.41) is 17.5. The molecule has 2 saturated heterocycles. The molecular weight excluding hydrogens is 491 g/mol. The molecule has 0 bridgehead atoms. The molecule has 3 fully saturated rings. The van der Waals surface area contributed by atoms with E-state index in [0.29, 0.717) is 18.9 Å². The van der Waals surface area contributed by atoms with Gasteiger partial charge in [0.1, 0.15) is 28.7 Å². The van der Waals surface area contributed by atoms with Crippen LogP contribution in [0, 0.1) is 11.6 Å². The van der Waals surface area contributed by atoms with Crippen LogP contribution in [0.25, 0.3) is 0 Å². The Hall–Kier alpha value is -1.69. The number of aliphatic carboxylic acids is 1. The minimum Gasteiger partial charge on any atom is -0.548 e. The number of hydrogen-bond acceptors (Lipinski definition) is 7. The summed E-state index contributed by atoms with van der Waals surface area (Å²) in [6.45, 7) is 5.22. The van der Waals surface area contributed by atoms with Crippen molar-refractivity contribution in [2.75, 3.05) is 0 Å². The van der Waals surface area contributed by atoms with E-state index in [1.165, 1.54) is 16.7 Å². The van der Waals surface area contributed by atoms with Gasteiger partial charge in [0.05, 0.1) is 12.0 Å². The van der Waals surface area contributed by atoms with E-state index in [9.17, 15) is 28.3 Å². The molecule has 184 valence electrons. The summed E-state index contributed by atoms with van der Waals surface area (Å²) in [6.07, 6.45) is 4.35. The van der Waals surface area contributed by atoms with Gasteiger partial charge in [0, 0.05) is 16.4 Å². The monoisotopic (exact) mass is 517 g/mol. The SMILES string of the molecule is CC1(O/N=C(\C(=O)N[C@H]2C(=O)N3[C@@H]2SC(C)(C)[C@@H]3C(=O)[O-])c2ccc(F)cc2F)CCCCC1.[Na+]. The molecule has 2 amide bonds. The van der Waals surface area contributed by atoms with Crippen molar-refractivity contribution in [1.82, 2.24) is 10.2 Å². The summed E-state index contributed by atoms with van der Waals surface area (Å²) in [7, 11) is 0. The normalized spacial score (nSPS) is 26.8. The molecule has 0 unspecified atom stereocenters. The number of β-lactam (4-membered cyclic amide) rings is 1. The van der Waals surface area contributed by atoms with E-state index in [4.69, 9.17) is 4.84 Å². The van der Waals surface area contributed by atoms with Crippen LogP contribution in [0.5, 0.6) is 0 Å². The van der Waals surface area contributed by atoms with Gasteiger partial charge in [-0.1, -0.05) is 11.6 Å². The van der Waals surface area contributed by atoms with E-state index in [1.54, 1.807) is 13.8 Å². The number of carbonyl (C=O) groups is 3. The van der Waals surface area contributed by atoms with Crippen molar-refractivity contribution < 1.29 is 62.7 Å². The Morgan fingerprint density at radius 1 is 1.20 bits per heavy atom. The number of hydrogen-bond donors (Lipinski definition) is 1. The maximum absolute atomic E-state index is 14.6. The Kier molecular flexibility index (Phi) is 8.25. The molecule has 8 nitrogen and oxygen atoms in total. The largest absolute Gasteiger partial charge is 1.00 e. The number of oxime groups is 1. The van der Waals surface area contributed by atoms with E-state index in [1.807, 2.05) is 6.92 Å². The van der Waals surface area contributed by atoms with Crippen molar-refractivity contribution >= 4 is 35.3 Å². The molecule has 2 heterocycles. The van der Waals surface area contributed by atoms with Crippen LogP contribution in [0.1, 0.15) is 58.4 Å². The number of halogens is 2. The molecule has 3 aliphatic rings. The molecule has 1 aromatic rings. The molecule has 4 rings (SSSR count). The minimum absolute atomic E-state index is 0. The van der Waals surface area contributed by atoms with E-state index < -0.39 is 62.9 Å². The average Bonchev–Trinajstić information content (AvgIpc) is 3.02. The van der Waals surface area contributed by atoms with E-state index >= 15 is 0 Å². The van der Waals surface area contributed by atoms with Crippen LogP contribution in [0.2, 0.25) is 0 Å². The topological polar surface area (TPSA) is 111 Å². The average molecular weight is 518 g/mol. The van der Waals surface area contributed by atoms with Crippen LogP contribution >= 0.6 is 11.8 Å². The number of rotatable bonds is 6. The minimum atomic E-state index is -1.37. The molecule has 1 N–H and O–H groups in total. The Labute approximate surface area is 228 Å². The first-order chi connectivity index (χ1) is 15.9. The summed E-state index contributed by atoms with van der Waals surface area (Å²) >= 11 is 1.23. The van der Waals surface area contributed by atoms with Crippen molar-refractivity contribution in [3.8, 4) is 0 Å². The number of carboxylic acid groups (broad SMARTS) is 1. The maximum Gasteiger partial charge on any atom is 1.00 e. The predicted molar refractivity (Wildman–Crippen MR) is 118 cm³/mol. The van der Waals surface area contributed by atoms with Gasteiger partial charge in [0.15, 0.2) is 5.71 Å². The number of fused-ring (bicyclic) bond motifs is 1. The maximum atomic E-state index is 14.6. The van der Waals surface area contributed by atoms with Gasteiger partial charge in [-0.3, -0.25) is 9.59 Å². The Bertz CT molecular complexity index is 1060. The van der Waals surface area contributed by atoms with Gasteiger partial charge in [-0.25, -0.2) is 8.78 Å². The Balaban J connectivity index is 0.00000342. The molecule has 1 aromatic carbocycles. The number of thioether (sulfide) groups is 1. The van der Waals surface area contributed by atoms with Gasteiger partial charge in [0.2, 0.25) is 5.91 Å². The summed E-state index contributed by atoms with van der Waals surface area (Å²) in [5.74, 6) is -4.64. The zero-order valence-corrected chi connectivity index (χ0v) is 22.9. The van der Waals surface area contributed by atoms with Crippen LogP contribution in [-0.2, 0) is 19.2 Å². The molecule has 1 aliphatic carbocycles. The van der Waals surface area contributed by atoms with Gasteiger partial charge in [0.25, 0.3) is 5.91 Å². The van der Waals surface area contributed by atoms with E-state index in [0.717, 1.165) is 31.4 Å². The van der Waals surface area contributed by atoms with E-state index in [2.05, 4.69) is 10.5 Å². The first-order valence-electron chi connectivity index (χ1n) is 11.2. The number of amides is 2. The fraction of sp³-hybridized carbons (Fsp3) is 0.565. The molecule has 0 radical (unpaired) electrons. The number of carboxylic acids is 1. The first kappa shape index (κ1) is 27.9. The predicted octanol–water partition coefficient (Wildman–Crippen LogP) is -1.29. The third-order valence-corrected chi connectivity index (χ3v) is 8.19. The summed E-state index contributed by atoms with van der Waals surface area (Å²) in [5.41, 5.74) is -1.32. The molecule has 3 atom stereocenters. The van der Waals surface area contributed by atoms with Crippen molar-refractivity contribution in [2.24, 2.45) is 5.16 Å². The van der Waals surface area contributed by atoms with Crippen LogP contribution in [0.4, 0.5) is 8.78 Å². The van der Waals surface area contributed by atoms with Crippen molar-refractivity contribution in [2.45, 2.75) is 80.7 Å². The molecule has 35 heavy (non-hydrogen) atoms. The fourth-order valence-electron chi connectivity index (χ4n) is 4.78. The second kappa shape index (κ2) is 10.4. The molecule has 1 saturated carbocycles. The second-order valence-electron chi connectivity index (χ2n) is 9.70. The van der Waals surface area contributed by atoms with Crippen LogP contribution < -0.4 is 40.0 Å². The van der Waals surface area contributed by atoms with Crippen LogP contribution in [0.3, 0.4) is 0 Å². The first-order valence-corrected chi connectivity index (χ1v) is 12.0. The van der Waals surface area contributed by atoms with Gasteiger partial charge in [-0.05, 0) is 58.6 Å². The van der Waals surface area contributed by atoms with E-state index in [-0.39, 0.29) is 35.1 Å². The summed E-state index contributed by atoms with van der Waals surface area (Å²) in [4.78, 5) is 44.4. The number of benzene rings is 1. The quantitative estimate of drug-likeness (QED) is 0.218.